The molecule has 1 N–H and O–H groups in total. The molecule has 0 aliphatic carbocycles. The van der Waals surface area contributed by atoms with Crippen molar-refractivity contribution < 1.29 is 9.59 Å². The Balaban J connectivity index is 1.88. The van der Waals surface area contributed by atoms with E-state index in [-0.39, 0.29) is 23.8 Å². The van der Waals surface area contributed by atoms with Gasteiger partial charge < -0.3 is 10.2 Å². The number of thiophene rings is 1. The molecule has 2 amide bonds. The first-order valence-corrected chi connectivity index (χ1v) is 9.75. The third-order valence-corrected chi connectivity index (χ3v) is 4.65. The molecule has 3 rings (SSSR count). The van der Waals surface area contributed by atoms with Crippen LogP contribution in [0.5, 0.6) is 0 Å². The van der Waals surface area contributed by atoms with Gasteiger partial charge in [0.1, 0.15) is 0 Å². The standard InChI is InChI=1S/C20H23N5O2S/c1-20(2,3)22-16(26)13-24(4)19(27)17-21-18(15-11-8-12-28-15)25(23-17)14-9-6-5-7-10-14/h5-12H,13H2,1-4H3,(H,22,26). The van der Waals surface area contributed by atoms with E-state index in [1.165, 1.54) is 16.2 Å². The Morgan fingerprint density at radius 1 is 1.14 bits per heavy atom. The minimum absolute atomic E-state index is 0.0540. The van der Waals surface area contributed by atoms with Crippen molar-refractivity contribution in [1.29, 1.82) is 0 Å². The number of carbonyl (C=O) groups excluding carboxylic acids is 2. The first-order valence-electron chi connectivity index (χ1n) is 8.87. The van der Waals surface area contributed by atoms with E-state index in [0.717, 1.165) is 10.6 Å². The molecule has 146 valence electrons. The third-order valence-electron chi connectivity index (χ3n) is 3.78. The zero-order valence-corrected chi connectivity index (χ0v) is 17.2. The summed E-state index contributed by atoms with van der Waals surface area (Å²) in [6, 6.07) is 13.4. The monoisotopic (exact) mass is 397 g/mol. The van der Waals surface area contributed by atoms with Crippen molar-refractivity contribution in [2.45, 2.75) is 26.3 Å². The van der Waals surface area contributed by atoms with Gasteiger partial charge in [-0.1, -0.05) is 24.3 Å². The summed E-state index contributed by atoms with van der Waals surface area (Å²) < 4.78 is 1.65. The van der Waals surface area contributed by atoms with Crippen molar-refractivity contribution in [2.75, 3.05) is 13.6 Å². The fraction of sp³-hybridized carbons (Fsp3) is 0.300. The highest BCUT2D eigenvalue weighted by Gasteiger charge is 2.24. The maximum atomic E-state index is 12.8. The fourth-order valence-electron chi connectivity index (χ4n) is 2.63. The number of hydrogen-bond acceptors (Lipinski definition) is 5. The number of carbonyl (C=O) groups is 2. The van der Waals surface area contributed by atoms with Crippen LogP contribution in [0, 0.1) is 0 Å². The quantitative estimate of drug-likeness (QED) is 0.718. The van der Waals surface area contributed by atoms with Gasteiger partial charge in [-0.2, -0.15) is 0 Å². The number of amides is 2. The predicted octanol–water partition coefficient (Wildman–Crippen LogP) is 2.98. The van der Waals surface area contributed by atoms with Crippen LogP contribution in [0.25, 0.3) is 16.4 Å². The van der Waals surface area contributed by atoms with E-state index in [2.05, 4.69) is 15.4 Å². The van der Waals surface area contributed by atoms with Crippen molar-refractivity contribution in [3.63, 3.8) is 0 Å². The van der Waals surface area contributed by atoms with Gasteiger partial charge >= 0.3 is 0 Å². The molecule has 0 saturated carbocycles. The largest absolute Gasteiger partial charge is 0.350 e. The molecule has 1 aromatic carbocycles. The molecule has 0 radical (unpaired) electrons. The summed E-state index contributed by atoms with van der Waals surface area (Å²) in [6.07, 6.45) is 0. The van der Waals surface area contributed by atoms with Gasteiger partial charge in [0.15, 0.2) is 5.82 Å². The SMILES string of the molecule is CN(CC(=O)NC(C)(C)C)C(=O)c1nc(-c2cccs2)n(-c2ccccc2)n1. The smallest absolute Gasteiger partial charge is 0.293 e. The van der Waals surface area contributed by atoms with Crippen LogP contribution >= 0.6 is 11.3 Å². The lowest BCUT2D eigenvalue weighted by molar-refractivity contribution is -0.122. The zero-order valence-electron chi connectivity index (χ0n) is 16.3. The third kappa shape index (κ3) is 4.64. The van der Waals surface area contributed by atoms with Crippen LogP contribution in [0.1, 0.15) is 31.4 Å². The van der Waals surface area contributed by atoms with E-state index in [9.17, 15) is 9.59 Å². The lowest BCUT2D eigenvalue weighted by Crippen LogP contribution is -2.46. The second kappa shape index (κ2) is 7.93. The minimum atomic E-state index is -0.406. The molecule has 3 aromatic rings. The molecule has 0 aliphatic heterocycles. The van der Waals surface area contributed by atoms with E-state index in [0.29, 0.717) is 5.82 Å². The Hall–Kier alpha value is -3.00. The maximum absolute atomic E-state index is 12.8. The van der Waals surface area contributed by atoms with Crippen molar-refractivity contribution in [2.24, 2.45) is 0 Å². The highest BCUT2D eigenvalue weighted by atomic mass is 32.1. The number of rotatable bonds is 5. The molecule has 0 fully saturated rings. The summed E-state index contributed by atoms with van der Waals surface area (Å²) in [7, 11) is 1.57. The first-order chi connectivity index (χ1) is 13.2. The molecule has 0 saturated heterocycles. The van der Waals surface area contributed by atoms with Gasteiger partial charge in [0, 0.05) is 12.6 Å². The van der Waals surface area contributed by atoms with E-state index in [1.54, 1.807) is 11.7 Å². The summed E-state index contributed by atoms with van der Waals surface area (Å²) in [5.74, 6) is 0.0104. The van der Waals surface area contributed by atoms with Crippen molar-refractivity contribution in [3.05, 3.63) is 53.7 Å². The number of hydrogen-bond donors (Lipinski definition) is 1. The van der Waals surface area contributed by atoms with Gasteiger partial charge in [0.25, 0.3) is 5.91 Å². The van der Waals surface area contributed by atoms with E-state index < -0.39 is 5.91 Å². The number of nitrogens with one attached hydrogen (secondary N) is 1. The summed E-state index contributed by atoms with van der Waals surface area (Å²) in [5, 5.41) is 9.22. The number of aromatic nitrogens is 3. The molecule has 0 unspecified atom stereocenters. The minimum Gasteiger partial charge on any atom is -0.350 e. The van der Waals surface area contributed by atoms with Gasteiger partial charge in [0.05, 0.1) is 17.1 Å². The Morgan fingerprint density at radius 3 is 2.46 bits per heavy atom. The fourth-order valence-corrected chi connectivity index (χ4v) is 3.33. The summed E-state index contributed by atoms with van der Waals surface area (Å²) in [6.45, 7) is 5.61. The van der Waals surface area contributed by atoms with Crippen LogP contribution in [0.4, 0.5) is 0 Å². The Morgan fingerprint density at radius 2 is 1.86 bits per heavy atom. The molecule has 0 atom stereocenters. The zero-order chi connectivity index (χ0) is 20.3. The molecule has 2 heterocycles. The van der Waals surface area contributed by atoms with Gasteiger partial charge in [-0.15, -0.1) is 16.4 Å². The van der Waals surface area contributed by atoms with Gasteiger partial charge in [0.2, 0.25) is 11.7 Å². The lowest BCUT2D eigenvalue weighted by atomic mass is 10.1. The second-order valence-electron chi connectivity index (χ2n) is 7.44. The molecule has 2 aromatic heterocycles. The molecular formula is C20H23N5O2S. The summed E-state index contributed by atoms with van der Waals surface area (Å²) >= 11 is 1.52. The summed E-state index contributed by atoms with van der Waals surface area (Å²) in [5.41, 5.74) is 0.450. The van der Waals surface area contributed by atoms with Crippen LogP contribution in [0.2, 0.25) is 0 Å². The van der Waals surface area contributed by atoms with Crippen LogP contribution < -0.4 is 5.32 Å². The number of likely N-dealkylation sites (N-methyl/N-ethyl adjacent to an activating group) is 1. The topological polar surface area (TPSA) is 80.1 Å². The van der Waals surface area contributed by atoms with E-state index >= 15 is 0 Å². The van der Waals surface area contributed by atoms with Gasteiger partial charge in [-0.3, -0.25) is 9.59 Å². The molecule has 0 spiro atoms. The predicted molar refractivity (Wildman–Crippen MR) is 110 cm³/mol. The van der Waals surface area contributed by atoms with Gasteiger partial charge in [-0.25, -0.2) is 9.67 Å². The molecule has 28 heavy (non-hydrogen) atoms. The van der Waals surface area contributed by atoms with Crippen LogP contribution in [0.3, 0.4) is 0 Å². The molecule has 0 aliphatic rings. The second-order valence-corrected chi connectivity index (χ2v) is 8.39. The number of benzene rings is 1. The maximum Gasteiger partial charge on any atom is 0.293 e. The molecule has 7 nitrogen and oxygen atoms in total. The molecule has 0 bridgehead atoms. The van der Waals surface area contributed by atoms with Crippen molar-refractivity contribution in [1.82, 2.24) is 25.0 Å². The number of nitrogens with zero attached hydrogens (tertiary/aromatic N) is 4. The highest BCUT2D eigenvalue weighted by molar-refractivity contribution is 7.13. The normalized spacial score (nSPS) is 11.3. The van der Waals surface area contributed by atoms with Crippen LogP contribution in [-0.4, -0.2) is 50.6 Å². The molecular weight excluding hydrogens is 374 g/mol. The lowest BCUT2D eigenvalue weighted by Gasteiger charge is -2.22. The van der Waals surface area contributed by atoms with E-state index in [1.807, 2.05) is 68.6 Å². The van der Waals surface area contributed by atoms with Crippen molar-refractivity contribution >= 4 is 23.2 Å². The average molecular weight is 398 g/mol. The number of para-hydroxylation sites is 1. The molecule has 8 heteroatoms. The van der Waals surface area contributed by atoms with Gasteiger partial charge in [-0.05, 0) is 44.4 Å². The average Bonchev–Trinajstić information content (AvgIpc) is 3.29. The first kappa shape index (κ1) is 19.8. The highest BCUT2D eigenvalue weighted by Crippen LogP contribution is 2.25. The Bertz CT molecular complexity index is 958. The van der Waals surface area contributed by atoms with E-state index in [4.69, 9.17) is 0 Å². The Kier molecular flexibility index (Phi) is 5.60. The van der Waals surface area contributed by atoms with Crippen LogP contribution in [0.15, 0.2) is 47.8 Å². The van der Waals surface area contributed by atoms with Crippen molar-refractivity contribution in [3.8, 4) is 16.4 Å². The Labute approximate surface area is 168 Å². The summed E-state index contributed by atoms with van der Waals surface area (Å²) in [4.78, 5) is 31.7. The van der Waals surface area contributed by atoms with Crippen LogP contribution in [-0.2, 0) is 4.79 Å².